The van der Waals surface area contributed by atoms with Crippen LogP contribution in [-0.2, 0) is 0 Å². The zero-order valence-electron chi connectivity index (χ0n) is 11.6. The second kappa shape index (κ2) is 6.05. The summed E-state index contributed by atoms with van der Waals surface area (Å²) in [4.78, 5) is 16.1. The zero-order chi connectivity index (χ0) is 15.4. The number of hydrogen-bond donors (Lipinski definition) is 2. The van der Waals surface area contributed by atoms with Crippen LogP contribution < -0.4 is 5.43 Å². The summed E-state index contributed by atoms with van der Waals surface area (Å²) < 4.78 is 0. The van der Waals surface area contributed by atoms with Crippen molar-refractivity contribution in [1.29, 1.82) is 0 Å². The van der Waals surface area contributed by atoms with Gasteiger partial charge in [0.2, 0.25) is 0 Å². The van der Waals surface area contributed by atoms with Crippen molar-refractivity contribution in [3.8, 4) is 5.75 Å². The number of carbonyl (C=O) groups excluding carboxylic acids is 1. The van der Waals surface area contributed by atoms with E-state index < -0.39 is 5.91 Å². The predicted molar refractivity (Wildman–Crippen MR) is 84.9 cm³/mol. The molecule has 0 fully saturated rings. The quantitative estimate of drug-likeness (QED) is 0.575. The average Bonchev–Trinajstić information content (AvgIpc) is 2.56. The van der Waals surface area contributed by atoms with Crippen LogP contribution in [0.4, 0.5) is 0 Å². The van der Waals surface area contributed by atoms with Crippen LogP contribution in [0.5, 0.6) is 5.75 Å². The molecule has 3 aromatic rings. The molecular weight excluding hydrogens is 278 g/mol. The van der Waals surface area contributed by atoms with Crippen molar-refractivity contribution in [2.24, 2.45) is 5.10 Å². The van der Waals surface area contributed by atoms with Gasteiger partial charge in [-0.05, 0) is 23.6 Å². The number of nitrogens with zero attached hydrogens (tertiary/aromatic N) is 2. The summed E-state index contributed by atoms with van der Waals surface area (Å²) in [6.45, 7) is 0. The van der Waals surface area contributed by atoms with Crippen LogP contribution in [0.15, 0.2) is 65.9 Å². The van der Waals surface area contributed by atoms with Gasteiger partial charge in [0.1, 0.15) is 11.4 Å². The molecule has 2 aromatic carbocycles. The number of phenolic OH excluding ortho intramolecular Hbond substituents is 1. The van der Waals surface area contributed by atoms with E-state index in [1.807, 2.05) is 24.3 Å². The number of amides is 1. The maximum atomic E-state index is 12.0. The molecule has 0 saturated carbocycles. The second-order valence-corrected chi connectivity index (χ2v) is 4.67. The first kappa shape index (κ1) is 13.8. The van der Waals surface area contributed by atoms with Crippen LogP contribution in [0, 0.1) is 0 Å². The number of aromatic nitrogens is 1. The molecule has 0 atom stereocenters. The van der Waals surface area contributed by atoms with Crippen molar-refractivity contribution in [2.45, 2.75) is 0 Å². The number of nitrogens with one attached hydrogen (secondary N) is 1. The Hall–Kier alpha value is -3.21. The van der Waals surface area contributed by atoms with Crippen molar-refractivity contribution in [3.05, 3.63) is 72.1 Å². The molecule has 0 aliphatic heterocycles. The first-order valence-electron chi connectivity index (χ1n) is 6.70. The molecule has 0 saturated heterocycles. The minimum atomic E-state index is -0.405. The minimum Gasteiger partial charge on any atom is -0.507 e. The van der Waals surface area contributed by atoms with E-state index in [0.29, 0.717) is 5.56 Å². The van der Waals surface area contributed by atoms with Crippen LogP contribution in [-0.4, -0.2) is 22.2 Å². The molecule has 5 heteroatoms. The smallest absolute Gasteiger partial charge is 0.289 e. The lowest BCUT2D eigenvalue weighted by atomic mass is 10.1. The number of para-hydroxylation sites is 1. The fourth-order valence-corrected chi connectivity index (χ4v) is 2.02. The van der Waals surface area contributed by atoms with Crippen LogP contribution in [0.2, 0.25) is 0 Å². The number of fused-ring (bicyclic) bond motifs is 1. The minimum absolute atomic E-state index is 0.101. The van der Waals surface area contributed by atoms with Crippen molar-refractivity contribution < 1.29 is 9.90 Å². The number of phenols is 1. The van der Waals surface area contributed by atoms with Crippen LogP contribution in [0.25, 0.3) is 10.8 Å². The lowest BCUT2D eigenvalue weighted by molar-refractivity contribution is 0.0950. The van der Waals surface area contributed by atoms with E-state index in [4.69, 9.17) is 0 Å². The monoisotopic (exact) mass is 291 g/mol. The van der Waals surface area contributed by atoms with Gasteiger partial charge in [-0.3, -0.25) is 9.78 Å². The van der Waals surface area contributed by atoms with E-state index in [0.717, 1.165) is 10.8 Å². The lowest BCUT2D eigenvalue weighted by Crippen LogP contribution is -2.18. The molecule has 2 N–H and O–H groups in total. The Labute approximate surface area is 126 Å². The first-order chi connectivity index (χ1) is 10.7. The lowest BCUT2D eigenvalue weighted by Gasteiger charge is -2.02. The summed E-state index contributed by atoms with van der Waals surface area (Å²) >= 11 is 0. The molecular formula is C17H13N3O2. The van der Waals surface area contributed by atoms with E-state index >= 15 is 0 Å². The van der Waals surface area contributed by atoms with Crippen molar-refractivity contribution in [2.75, 3.05) is 0 Å². The Morgan fingerprint density at radius 1 is 1.09 bits per heavy atom. The van der Waals surface area contributed by atoms with E-state index in [9.17, 15) is 9.90 Å². The van der Waals surface area contributed by atoms with Crippen molar-refractivity contribution >= 4 is 22.9 Å². The highest BCUT2D eigenvalue weighted by Gasteiger charge is 2.06. The Bertz CT molecular complexity index is 859. The Balaban J connectivity index is 1.74. The van der Waals surface area contributed by atoms with E-state index in [2.05, 4.69) is 15.5 Å². The number of hydrogen-bond acceptors (Lipinski definition) is 4. The summed E-state index contributed by atoms with van der Waals surface area (Å²) in [5.74, 6) is -0.304. The van der Waals surface area contributed by atoms with Gasteiger partial charge in [0.25, 0.3) is 5.91 Å². The second-order valence-electron chi connectivity index (χ2n) is 4.67. The zero-order valence-corrected chi connectivity index (χ0v) is 11.6. The molecule has 0 aliphatic carbocycles. The number of aromatic hydroxyl groups is 1. The third kappa shape index (κ3) is 2.93. The number of carbonyl (C=O) groups is 1. The summed E-state index contributed by atoms with van der Waals surface area (Å²) in [7, 11) is 0. The molecule has 0 spiro atoms. The molecule has 22 heavy (non-hydrogen) atoms. The molecule has 1 heterocycles. The van der Waals surface area contributed by atoms with E-state index in [1.165, 1.54) is 6.21 Å². The third-order valence-electron chi connectivity index (χ3n) is 3.17. The molecule has 0 bridgehead atoms. The largest absolute Gasteiger partial charge is 0.507 e. The van der Waals surface area contributed by atoms with Gasteiger partial charge < -0.3 is 5.11 Å². The Morgan fingerprint density at radius 2 is 1.82 bits per heavy atom. The molecule has 0 unspecified atom stereocenters. The highest BCUT2D eigenvalue weighted by molar-refractivity contribution is 5.96. The van der Waals surface area contributed by atoms with Gasteiger partial charge in [-0.2, -0.15) is 5.10 Å². The fourth-order valence-electron chi connectivity index (χ4n) is 2.02. The van der Waals surface area contributed by atoms with Gasteiger partial charge in [0.15, 0.2) is 0 Å². The molecule has 3 rings (SSSR count). The maximum absolute atomic E-state index is 12.0. The highest BCUT2D eigenvalue weighted by atomic mass is 16.3. The van der Waals surface area contributed by atoms with Crippen molar-refractivity contribution in [3.63, 3.8) is 0 Å². The third-order valence-corrected chi connectivity index (χ3v) is 3.17. The van der Waals surface area contributed by atoms with Gasteiger partial charge in [0.05, 0.1) is 6.21 Å². The summed E-state index contributed by atoms with van der Waals surface area (Å²) in [6.07, 6.45) is 3.03. The molecule has 5 nitrogen and oxygen atoms in total. The fraction of sp³-hybridized carbons (Fsp3) is 0. The number of pyridine rings is 1. The molecule has 108 valence electrons. The standard InChI is InChI=1S/C17H13N3O2/c21-16-8-4-3-7-14(16)11-19-20-17(22)15-9-12-5-1-2-6-13(12)10-18-15/h1-11,21H,(H,20,22). The topological polar surface area (TPSA) is 74.6 Å². The summed E-state index contributed by atoms with van der Waals surface area (Å²) in [6, 6.07) is 16.1. The predicted octanol–water partition coefficient (Wildman–Crippen LogP) is 2.70. The van der Waals surface area contributed by atoms with Gasteiger partial charge in [-0.1, -0.05) is 36.4 Å². The highest BCUT2D eigenvalue weighted by Crippen LogP contribution is 2.14. The molecule has 0 radical (unpaired) electrons. The van der Waals surface area contributed by atoms with Gasteiger partial charge in [-0.25, -0.2) is 5.43 Å². The van der Waals surface area contributed by atoms with Crippen LogP contribution >= 0.6 is 0 Å². The first-order valence-corrected chi connectivity index (χ1v) is 6.70. The SMILES string of the molecule is O=C(NN=Cc1ccccc1O)c1cc2ccccc2cn1. The number of hydrazone groups is 1. The van der Waals surface area contributed by atoms with E-state index in [-0.39, 0.29) is 11.4 Å². The summed E-state index contributed by atoms with van der Waals surface area (Å²) in [5, 5.41) is 15.3. The normalized spacial score (nSPS) is 10.9. The van der Waals surface area contributed by atoms with Gasteiger partial charge >= 0.3 is 0 Å². The number of rotatable bonds is 3. The van der Waals surface area contributed by atoms with Gasteiger partial charge in [-0.15, -0.1) is 0 Å². The molecule has 1 aromatic heterocycles. The van der Waals surface area contributed by atoms with E-state index in [1.54, 1.807) is 36.5 Å². The van der Waals surface area contributed by atoms with Crippen LogP contribution in [0.3, 0.4) is 0 Å². The Morgan fingerprint density at radius 3 is 2.64 bits per heavy atom. The van der Waals surface area contributed by atoms with Gasteiger partial charge in [0, 0.05) is 17.1 Å². The maximum Gasteiger partial charge on any atom is 0.289 e. The average molecular weight is 291 g/mol. The number of benzene rings is 2. The van der Waals surface area contributed by atoms with Crippen LogP contribution in [0.1, 0.15) is 16.1 Å². The Kier molecular flexibility index (Phi) is 3.78. The molecule has 1 amide bonds. The molecule has 0 aliphatic rings. The van der Waals surface area contributed by atoms with Crippen molar-refractivity contribution in [1.82, 2.24) is 10.4 Å². The summed E-state index contributed by atoms with van der Waals surface area (Å²) in [5.41, 5.74) is 3.20.